The number of nitrogens with two attached hydrogens (primary N) is 1. The van der Waals surface area contributed by atoms with Gasteiger partial charge in [-0.25, -0.2) is 0 Å². The normalized spacial score (nSPS) is 15.1. The first kappa shape index (κ1) is 11.0. The Morgan fingerprint density at radius 1 is 1.64 bits per heavy atom. The maximum atomic E-state index is 6.08. The van der Waals surface area contributed by atoms with Crippen molar-refractivity contribution < 1.29 is 0 Å². The summed E-state index contributed by atoms with van der Waals surface area (Å²) in [5.74, 6) is 0.889. The smallest absolute Gasteiger partial charge is 0.148 e. The summed E-state index contributed by atoms with van der Waals surface area (Å²) in [4.78, 5) is 0. The zero-order valence-electron chi connectivity index (χ0n) is 9.25. The monoisotopic (exact) mass is 196 g/mol. The predicted molar refractivity (Wildman–Crippen MR) is 59.2 cm³/mol. The van der Waals surface area contributed by atoms with Crippen molar-refractivity contribution in [3.63, 3.8) is 0 Å². The molecule has 0 amide bonds. The van der Waals surface area contributed by atoms with Crippen LogP contribution in [0, 0.1) is 0 Å². The maximum absolute atomic E-state index is 6.08. The molecule has 0 saturated carbocycles. The summed E-state index contributed by atoms with van der Waals surface area (Å²) >= 11 is 0. The molecule has 0 aliphatic rings. The SMILES string of the molecule is CCCC(C)(N)CNc1ccn(C)n1. The average Bonchev–Trinajstić information content (AvgIpc) is 2.48. The van der Waals surface area contributed by atoms with E-state index >= 15 is 0 Å². The van der Waals surface area contributed by atoms with Crippen LogP contribution in [0.1, 0.15) is 26.7 Å². The van der Waals surface area contributed by atoms with Crippen LogP contribution in [-0.2, 0) is 7.05 Å². The van der Waals surface area contributed by atoms with Crippen LogP contribution in [0.25, 0.3) is 0 Å². The number of nitrogens with one attached hydrogen (secondary N) is 1. The van der Waals surface area contributed by atoms with Gasteiger partial charge in [0, 0.05) is 31.4 Å². The van der Waals surface area contributed by atoms with Gasteiger partial charge in [0.2, 0.25) is 0 Å². The Hall–Kier alpha value is -1.03. The number of aryl methyl sites for hydroxylation is 1. The lowest BCUT2D eigenvalue weighted by atomic mass is 9.98. The van der Waals surface area contributed by atoms with Crippen molar-refractivity contribution in [2.45, 2.75) is 32.2 Å². The number of nitrogens with zero attached hydrogens (tertiary/aromatic N) is 2. The lowest BCUT2D eigenvalue weighted by Gasteiger charge is -2.24. The highest BCUT2D eigenvalue weighted by Crippen LogP contribution is 2.10. The van der Waals surface area contributed by atoms with Gasteiger partial charge < -0.3 is 11.1 Å². The van der Waals surface area contributed by atoms with E-state index in [1.54, 1.807) is 4.68 Å². The Bertz CT molecular complexity index is 277. The van der Waals surface area contributed by atoms with E-state index in [4.69, 9.17) is 5.73 Å². The Kier molecular flexibility index (Phi) is 3.52. The van der Waals surface area contributed by atoms with Crippen LogP contribution in [0.5, 0.6) is 0 Å². The first-order valence-corrected chi connectivity index (χ1v) is 5.06. The van der Waals surface area contributed by atoms with Gasteiger partial charge in [0.25, 0.3) is 0 Å². The van der Waals surface area contributed by atoms with Crippen molar-refractivity contribution in [1.29, 1.82) is 0 Å². The van der Waals surface area contributed by atoms with E-state index < -0.39 is 0 Å². The Morgan fingerprint density at radius 2 is 2.36 bits per heavy atom. The zero-order chi connectivity index (χ0) is 10.6. The van der Waals surface area contributed by atoms with Gasteiger partial charge in [0.1, 0.15) is 5.82 Å². The lowest BCUT2D eigenvalue weighted by molar-refractivity contribution is 0.449. The van der Waals surface area contributed by atoms with Gasteiger partial charge in [-0.1, -0.05) is 13.3 Å². The van der Waals surface area contributed by atoms with Crippen molar-refractivity contribution in [3.8, 4) is 0 Å². The fourth-order valence-electron chi connectivity index (χ4n) is 1.46. The second-order valence-electron chi connectivity index (χ2n) is 4.13. The molecule has 1 aromatic heterocycles. The van der Waals surface area contributed by atoms with Crippen molar-refractivity contribution in [1.82, 2.24) is 9.78 Å². The van der Waals surface area contributed by atoms with Crippen LogP contribution in [0.4, 0.5) is 5.82 Å². The second kappa shape index (κ2) is 4.46. The van der Waals surface area contributed by atoms with Gasteiger partial charge in [0.05, 0.1) is 0 Å². The molecule has 0 spiro atoms. The van der Waals surface area contributed by atoms with E-state index in [2.05, 4.69) is 24.3 Å². The largest absolute Gasteiger partial charge is 0.367 e. The zero-order valence-corrected chi connectivity index (χ0v) is 9.25. The molecule has 0 bridgehead atoms. The predicted octanol–water partition coefficient (Wildman–Crippen LogP) is 1.35. The molecule has 1 unspecified atom stereocenters. The standard InChI is InChI=1S/C10H20N4/c1-4-6-10(2,11)8-12-9-5-7-14(3)13-9/h5,7H,4,6,8,11H2,1-3H3,(H,12,13). The van der Waals surface area contributed by atoms with Gasteiger partial charge in [-0.05, 0) is 13.3 Å². The first-order chi connectivity index (χ1) is 6.53. The number of anilines is 1. The van der Waals surface area contributed by atoms with Crippen LogP contribution in [0.2, 0.25) is 0 Å². The highest BCUT2D eigenvalue weighted by atomic mass is 15.3. The van der Waals surface area contributed by atoms with Crippen LogP contribution in [0.3, 0.4) is 0 Å². The molecule has 4 nitrogen and oxygen atoms in total. The van der Waals surface area contributed by atoms with Gasteiger partial charge in [-0.2, -0.15) is 5.10 Å². The number of rotatable bonds is 5. The average molecular weight is 196 g/mol. The highest BCUT2D eigenvalue weighted by molar-refractivity contribution is 5.32. The maximum Gasteiger partial charge on any atom is 0.148 e. The summed E-state index contributed by atoms with van der Waals surface area (Å²) in [6.45, 7) is 4.97. The summed E-state index contributed by atoms with van der Waals surface area (Å²) in [5, 5.41) is 7.46. The minimum absolute atomic E-state index is 0.147. The van der Waals surface area contributed by atoms with Gasteiger partial charge >= 0.3 is 0 Å². The summed E-state index contributed by atoms with van der Waals surface area (Å²) in [6, 6.07) is 1.95. The molecule has 14 heavy (non-hydrogen) atoms. The van der Waals surface area contributed by atoms with E-state index in [0.717, 1.165) is 25.2 Å². The molecule has 1 atom stereocenters. The molecule has 1 aromatic rings. The quantitative estimate of drug-likeness (QED) is 0.747. The molecule has 80 valence electrons. The van der Waals surface area contributed by atoms with E-state index in [0.29, 0.717) is 0 Å². The van der Waals surface area contributed by atoms with E-state index in [-0.39, 0.29) is 5.54 Å². The topological polar surface area (TPSA) is 55.9 Å². The van der Waals surface area contributed by atoms with E-state index in [1.807, 2.05) is 19.3 Å². The van der Waals surface area contributed by atoms with Crippen LogP contribution in [-0.4, -0.2) is 21.9 Å². The minimum Gasteiger partial charge on any atom is -0.367 e. The van der Waals surface area contributed by atoms with Gasteiger partial charge in [0.15, 0.2) is 0 Å². The van der Waals surface area contributed by atoms with E-state index in [1.165, 1.54) is 0 Å². The second-order valence-corrected chi connectivity index (χ2v) is 4.13. The minimum atomic E-state index is -0.147. The van der Waals surface area contributed by atoms with Crippen molar-refractivity contribution in [2.24, 2.45) is 12.8 Å². The molecule has 0 radical (unpaired) electrons. The third kappa shape index (κ3) is 3.38. The number of hydrogen-bond acceptors (Lipinski definition) is 3. The summed E-state index contributed by atoms with van der Waals surface area (Å²) in [7, 11) is 1.90. The molecule has 4 heteroatoms. The Morgan fingerprint density at radius 3 is 2.86 bits per heavy atom. The molecular weight excluding hydrogens is 176 g/mol. The highest BCUT2D eigenvalue weighted by Gasteiger charge is 2.16. The number of aromatic nitrogens is 2. The molecule has 0 fully saturated rings. The molecule has 1 heterocycles. The molecule has 0 aliphatic heterocycles. The third-order valence-corrected chi connectivity index (χ3v) is 2.21. The van der Waals surface area contributed by atoms with Gasteiger partial charge in [-0.3, -0.25) is 4.68 Å². The molecule has 0 saturated heterocycles. The molecular formula is C10H20N4. The fraction of sp³-hybridized carbons (Fsp3) is 0.700. The molecule has 0 aliphatic carbocycles. The van der Waals surface area contributed by atoms with Crippen molar-refractivity contribution in [3.05, 3.63) is 12.3 Å². The Labute approximate surface area is 85.5 Å². The fourth-order valence-corrected chi connectivity index (χ4v) is 1.46. The Balaban J connectivity index is 2.40. The molecule has 3 N–H and O–H groups in total. The van der Waals surface area contributed by atoms with Crippen LogP contribution < -0.4 is 11.1 Å². The lowest BCUT2D eigenvalue weighted by Crippen LogP contribution is -2.43. The molecule has 1 rings (SSSR count). The summed E-state index contributed by atoms with van der Waals surface area (Å²) < 4.78 is 1.77. The number of hydrogen-bond donors (Lipinski definition) is 2. The van der Waals surface area contributed by atoms with E-state index in [9.17, 15) is 0 Å². The van der Waals surface area contributed by atoms with Gasteiger partial charge in [-0.15, -0.1) is 0 Å². The molecule has 0 aromatic carbocycles. The van der Waals surface area contributed by atoms with Crippen LogP contribution in [0.15, 0.2) is 12.3 Å². The van der Waals surface area contributed by atoms with Crippen LogP contribution >= 0.6 is 0 Å². The summed E-state index contributed by atoms with van der Waals surface area (Å²) in [6.07, 6.45) is 4.04. The van der Waals surface area contributed by atoms with Crippen molar-refractivity contribution in [2.75, 3.05) is 11.9 Å². The third-order valence-electron chi connectivity index (χ3n) is 2.21. The van der Waals surface area contributed by atoms with Crippen molar-refractivity contribution >= 4 is 5.82 Å². The first-order valence-electron chi connectivity index (χ1n) is 5.06. The summed E-state index contributed by atoms with van der Waals surface area (Å²) in [5.41, 5.74) is 5.94.